The van der Waals surface area contributed by atoms with Gasteiger partial charge >= 0.3 is 0 Å². The zero-order chi connectivity index (χ0) is 10.5. The monoisotopic (exact) mass is 186 g/mol. The molecule has 0 radical (unpaired) electrons. The van der Waals surface area contributed by atoms with Gasteiger partial charge in [-0.3, -0.25) is 0 Å². The molecule has 0 aliphatic rings. The molecule has 0 aliphatic carbocycles. The fraction of sp³-hybridized carbons (Fsp3) is 1.00. The Hall–Kier alpha value is -0.0800. The Morgan fingerprint density at radius 3 is 2.23 bits per heavy atom. The quantitative estimate of drug-likeness (QED) is 0.683. The Balaban J connectivity index is 3.94. The molecular formula is C11H26N2. The molecule has 0 aromatic rings. The smallest absolute Gasteiger partial charge is 0.0252 e. The van der Waals surface area contributed by atoms with Gasteiger partial charge in [-0.1, -0.05) is 13.8 Å². The van der Waals surface area contributed by atoms with Crippen LogP contribution in [0.2, 0.25) is 0 Å². The molecule has 0 amide bonds. The maximum atomic E-state index is 3.49. The molecule has 0 fully saturated rings. The molecule has 1 N–H and O–H groups in total. The molecular weight excluding hydrogens is 160 g/mol. The number of nitrogens with one attached hydrogen (secondary N) is 1. The number of rotatable bonds is 6. The predicted octanol–water partition coefficient (Wildman–Crippen LogP) is 2.10. The third-order valence-corrected chi connectivity index (χ3v) is 2.64. The van der Waals surface area contributed by atoms with Gasteiger partial charge in [0, 0.05) is 18.1 Å². The summed E-state index contributed by atoms with van der Waals surface area (Å²) < 4.78 is 0. The summed E-state index contributed by atoms with van der Waals surface area (Å²) in [7, 11) is 2.20. The standard InChI is InChI=1S/C11H26N2/c1-7-10(3)13(6)9-11(4,5)12-8-2/h10,12H,7-9H2,1-6H3. The van der Waals surface area contributed by atoms with Crippen molar-refractivity contribution in [1.82, 2.24) is 10.2 Å². The summed E-state index contributed by atoms with van der Waals surface area (Å²) in [5, 5.41) is 3.49. The summed E-state index contributed by atoms with van der Waals surface area (Å²) in [6.07, 6.45) is 1.22. The minimum absolute atomic E-state index is 0.229. The van der Waals surface area contributed by atoms with E-state index in [4.69, 9.17) is 0 Å². The van der Waals surface area contributed by atoms with E-state index >= 15 is 0 Å². The first-order valence-electron chi connectivity index (χ1n) is 5.38. The molecule has 2 nitrogen and oxygen atoms in total. The highest BCUT2D eigenvalue weighted by Gasteiger charge is 2.20. The molecule has 1 atom stereocenters. The molecule has 0 aliphatic heterocycles. The van der Waals surface area contributed by atoms with Gasteiger partial charge < -0.3 is 10.2 Å². The van der Waals surface area contributed by atoms with Crippen molar-refractivity contribution in [1.29, 1.82) is 0 Å². The summed E-state index contributed by atoms with van der Waals surface area (Å²) in [5.41, 5.74) is 0.229. The Kier molecular flexibility index (Phi) is 5.57. The summed E-state index contributed by atoms with van der Waals surface area (Å²) in [5.74, 6) is 0. The minimum atomic E-state index is 0.229. The van der Waals surface area contributed by atoms with Gasteiger partial charge in [0.2, 0.25) is 0 Å². The Morgan fingerprint density at radius 2 is 1.85 bits per heavy atom. The first-order valence-corrected chi connectivity index (χ1v) is 5.38. The van der Waals surface area contributed by atoms with Gasteiger partial charge in [-0.15, -0.1) is 0 Å². The lowest BCUT2D eigenvalue weighted by Gasteiger charge is -2.34. The zero-order valence-corrected chi connectivity index (χ0v) is 10.1. The minimum Gasteiger partial charge on any atom is -0.311 e. The Morgan fingerprint density at radius 1 is 1.31 bits per heavy atom. The maximum absolute atomic E-state index is 3.49. The maximum Gasteiger partial charge on any atom is 0.0252 e. The summed E-state index contributed by atoms with van der Waals surface area (Å²) >= 11 is 0. The van der Waals surface area contributed by atoms with Crippen LogP contribution in [0.3, 0.4) is 0 Å². The third kappa shape index (κ3) is 5.27. The van der Waals surface area contributed by atoms with Crippen molar-refractivity contribution in [3.8, 4) is 0 Å². The van der Waals surface area contributed by atoms with Gasteiger partial charge in [-0.05, 0) is 40.8 Å². The summed E-state index contributed by atoms with van der Waals surface area (Å²) in [6, 6.07) is 0.679. The normalized spacial score (nSPS) is 15.0. The van der Waals surface area contributed by atoms with E-state index in [9.17, 15) is 0 Å². The van der Waals surface area contributed by atoms with Crippen LogP contribution in [0, 0.1) is 0 Å². The SMILES string of the molecule is CCNC(C)(C)CN(C)C(C)CC. The number of hydrogen-bond donors (Lipinski definition) is 1. The van der Waals surface area contributed by atoms with Gasteiger partial charge in [-0.25, -0.2) is 0 Å². The number of nitrogens with zero attached hydrogens (tertiary/aromatic N) is 1. The highest BCUT2D eigenvalue weighted by Crippen LogP contribution is 2.08. The Labute approximate surface area is 83.7 Å². The number of hydrogen-bond acceptors (Lipinski definition) is 2. The van der Waals surface area contributed by atoms with E-state index in [1.807, 2.05) is 0 Å². The molecule has 0 bridgehead atoms. The summed E-state index contributed by atoms with van der Waals surface area (Å²) in [6.45, 7) is 13.3. The second-order valence-electron chi connectivity index (χ2n) is 4.59. The van der Waals surface area contributed by atoms with Crippen molar-refractivity contribution in [2.45, 2.75) is 52.6 Å². The molecule has 0 aromatic heterocycles. The Bertz CT molecular complexity index is 132. The molecule has 0 spiro atoms. The predicted molar refractivity (Wildman–Crippen MR) is 60.1 cm³/mol. The lowest BCUT2D eigenvalue weighted by molar-refractivity contribution is 0.188. The van der Waals surface area contributed by atoms with Crippen molar-refractivity contribution >= 4 is 0 Å². The lowest BCUT2D eigenvalue weighted by Crippen LogP contribution is -2.49. The van der Waals surface area contributed by atoms with Gasteiger partial charge in [-0.2, -0.15) is 0 Å². The average Bonchev–Trinajstić information content (AvgIpc) is 2.01. The molecule has 0 heterocycles. The van der Waals surface area contributed by atoms with Crippen LogP contribution in [0.4, 0.5) is 0 Å². The largest absolute Gasteiger partial charge is 0.311 e. The van der Waals surface area contributed by atoms with E-state index in [1.165, 1.54) is 6.42 Å². The van der Waals surface area contributed by atoms with Gasteiger partial charge in [0.05, 0.1) is 0 Å². The van der Waals surface area contributed by atoms with Crippen molar-refractivity contribution < 1.29 is 0 Å². The average molecular weight is 186 g/mol. The van der Waals surface area contributed by atoms with Crippen molar-refractivity contribution in [2.24, 2.45) is 0 Å². The first kappa shape index (κ1) is 12.9. The molecule has 0 rings (SSSR count). The molecule has 13 heavy (non-hydrogen) atoms. The van der Waals surface area contributed by atoms with Crippen LogP contribution < -0.4 is 5.32 Å². The van der Waals surface area contributed by atoms with Crippen molar-refractivity contribution in [3.05, 3.63) is 0 Å². The number of likely N-dealkylation sites (N-methyl/N-ethyl adjacent to an activating group) is 2. The molecule has 0 saturated carbocycles. The molecule has 1 unspecified atom stereocenters. The highest BCUT2D eigenvalue weighted by atomic mass is 15.2. The summed E-state index contributed by atoms with van der Waals surface area (Å²) in [4.78, 5) is 2.42. The highest BCUT2D eigenvalue weighted by molar-refractivity contribution is 4.81. The zero-order valence-electron chi connectivity index (χ0n) is 10.1. The van der Waals surface area contributed by atoms with E-state index < -0.39 is 0 Å². The fourth-order valence-electron chi connectivity index (χ4n) is 1.63. The van der Waals surface area contributed by atoms with Gasteiger partial charge in [0.1, 0.15) is 0 Å². The second kappa shape index (κ2) is 5.61. The van der Waals surface area contributed by atoms with Crippen LogP contribution in [0.5, 0.6) is 0 Å². The van der Waals surface area contributed by atoms with E-state index in [-0.39, 0.29) is 5.54 Å². The van der Waals surface area contributed by atoms with E-state index in [2.05, 4.69) is 51.9 Å². The van der Waals surface area contributed by atoms with Crippen LogP contribution in [-0.2, 0) is 0 Å². The van der Waals surface area contributed by atoms with E-state index in [0.29, 0.717) is 6.04 Å². The molecule has 0 saturated heterocycles. The van der Waals surface area contributed by atoms with Crippen molar-refractivity contribution in [3.63, 3.8) is 0 Å². The van der Waals surface area contributed by atoms with E-state index in [1.54, 1.807) is 0 Å². The molecule has 80 valence electrons. The molecule has 0 aromatic carbocycles. The van der Waals surface area contributed by atoms with Crippen molar-refractivity contribution in [2.75, 3.05) is 20.1 Å². The van der Waals surface area contributed by atoms with Crippen LogP contribution >= 0.6 is 0 Å². The molecule has 2 heteroatoms. The first-order chi connectivity index (χ1) is 5.93. The van der Waals surface area contributed by atoms with Crippen LogP contribution in [0.25, 0.3) is 0 Å². The van der Waals surface area contributed by atoms with Crippen LogP contribution in [-0.4, -0.2) is 36.6 Å². The lowest BCUT2D eigenvalue weighted by atomic mass is 10.0. The fourth-order valence-corrected chi connectivity index (χ4v) is 1.63. The van der Waals surface area contributed by atoms with Crippen LogP contribution in [0.15, 0.2) is 0 Å². The second-order valence-corrected chi connectivity index (χ2v) is 4.59. The van der Waals surface area contributed by atoms with Gasteiger partial charge in [0.15, 0.2) is 0 Å². The topological polar surface area (TPSA) is 15.3 Å². The van der Waals surface area contributed by atoms with Crippen LogP contribution in [0.1, 0.15) is 41.0 Å². The van der Waals surface area contributed by atoms with E-state index in [0.717, 1.165) is 13.1 Å². The van der Waals surface area contributed by atoms with Gasteiger partial charge in [0.25, 0.3) is 0 Å². The third-order valence-electron chi connectivity index (χ3n) is 2.64.